The summed E-state index contributed by atoms with van der Waals surface area (Å²) < 4.78 is 22.3. The number of phenols is 4. The highest BCUT2D eigenvalue weighted by Crippen LogP contribution is 2.35. The van der Waals surface area contributed by atoms with E-state index in [1.54, 1.807) is 48.5 Å². The Morgan fingerprint density at radius 2 is 1.31 bits per heavy atom. The summed E-state index contributed by atoms with van der Waals surface area (Å²) in [6.45, 7) is -1.22. The van der Waals surface area contributed by atoms with Gasteiger partial charge >= 0.3 is 5.97 Å². The number of fused-ring (bicyclic) bond motifs is 2. The number of benzene rings is 4. The average Bonchev–Trinajstić information content (AvgIpc) is 3.12. The van der Waals surface area contributed by atoms with E-state index in [0.29, 0.717) is 21.5 Å². The van der Waals surface area contributed by atoms with E-state index in [0.717, 1.165) is 19.1 Å². The molecular weight excluding hydrogens is 684 g/mol. The van der Waals surface area contributed by atoms with Gasteiger partial charge in [-0.05, 0) is 10.8 Å². The first-order valence-electron chi connectivity index (χ1n) is 16.2. The van der Waals surface area contributed by atoms with Gasteiger partial charge in [0.05, 0.1) is 26.3 Å². The van der Waals surface area contributed by atoms with E-state index in [1.807, 2.05) is 0 Å². The minimum Gasteiger partial charge on any atom is -0.507 e. The summed E-state index contributed by atoms with van der Waals surface area (Å²) in [5, 5.41) is 95.9. The molecule has 0 spiro atoms. The first-order valence-corrected chi connectivity index (χ1v) is 16.2. The minimum absolute atomic E-state index is 0.132. The van der Waals surface area contributed by atoms with Crippen molar-refractivity contribution in [2.45, 2.75) is 56.1 Å². The Balaban J connectivity index is 1.39. The number of hydrogen-bond donors (Lipinski definition) is 9. The first kappa shape index (κ1) is 38.3. The van der Waals surface area contributed by atoms with Crippen LogP contribution in [-0.4, -0.2) is 140 Å². The quantitative estimate of drug-likeness (QED) is 0.0495. The Kier molecular flexibility index (Phi) is 12.6. The summed E-state index contributed by atoms with van der Waals surface area (Å²) >= 11 is 0. The predicted molar refractivity (Wildman–Crippen MR) is 186 cm³/mol. The van der Waals surface area contributed by atoms with Crippen LogP contribution in [0.2, 0.25) is 0 Å². The lowest BCUT2D eigenvalue weighted by Crippen LogP contribution is -2.61. The Hall–Kier alpha value is -4.91. The molecule has 4 aromatic carbocycles. The molecule has 278 valence electrons. The number of carbonyl (C=O) groups is 1. The van der Waals surface area contributed by atoms with Crippen LogP contribution in [0.25, 0.3) is 21.5 Å². The number of esters is 1. The zero-order valence-electron chi connectivity index (χ0n) is 27.8. The van der Waals surface area contributed by atoms with E-state index in [9.17, 15) is 50.8 Å². The Morgan fingerprint density at radius 3 is 1.81 bits per heavy atom. The summed E-state index contributed by atoms with van der Waals surface area (Å²) in [4.78, 5) is 20.2. The summed E-state index contributed by atoms with van der Waals surface area (Å²) in [6.07, 6.45) is -9.85. The molecular formula is C36H40N2O14. The van der Waals surface area contributed by atoms with Crippen molar-refractivity contribution in [3.63, 3.8) is 0 Å². The second kappa shape index (κ2) is 17.1. The molecule has 9 N–H and O–H groups in total. The number of phenolic OH excluding ortho intramolecular Hbond substituents is 4. The third-order valence-corrected chi connectivity index (χ3v) is 8.43. The van der Waals surface area contributed by atoms with E-state index in [1.165, 1.54) is 12.4 Å². The fourth-order valence-corrected chi connectivity index (χ4v) is 5.89. The number of rotatable bonds is 14. The van der Waals surface area contributed by atoms with Crippen LogP contribution in [0.15, 0.2) is 70.6 Å². The second-order valence-corrected chi connectivity index (χ2v) is 12.0. The van der Waals surface area contributed by atoms with Gasteiger partial charge in [0, 0.05) is 53.4 Å². The van der Waals surface area contributed by atoms with Crippen LogP contribution >= 0.6 is 0 Å². The lowest BCUT2D eigenvalue weighted by atomic mass is 9.99. The molecule has 8 unspecified atom stereocenters. The van der Waals surface area contributed by atoms with Gasteiger partial charge in [0.1, 0.15) is 53.5 Å². The Morgan fingerprint density at radius 1 is 0.788 bits per heavy atom. The topological polar surface area (TPSA) is 261 Å². The molecule has 1 saturated heterocycles. The summed E-state index contributed by atoms with van der Waals surface area (Å²) in [6, 6.07) is 15.8. The smallest absolute Gasteiger partial charge is 0.303 e. The van der Waals surface area contributed by atoms with Gasteiger partial charge in [-0.1, -0.05) is 48.5 Å². The van der Waals surface area contributed by atoms with Gasteiger partial charge in [-0.3, -0.25) is 14.8 Å². The van der Waals surface area contributed by atoms with E-state index >= 15 is 0 Å². The molecule has 0 bridgehead atoms. The van der Waals surface area contributed by atoms with Gasteiger partial charge in [0.2, 0.25) is 0 Å². The molecule has 1 fully saturated rings. The minimum atomic E-state index is -1.79. The number of aromatic hydroxyl groups is 4. The molecule has 8 atom stereocenters. The van der Waals surface area contributed by atoms with Crippen molar-refractivity contribution in [1.29, 1.82) is 0 Å². The van der Waals surface area contributed by atoms with Crippen LogP contribution in [0.5, 0.6) is 23.0 Å². The monoisotopic (exact) mass is 724 g/mol. The van der Waals surface area contributed by atoms with Crippen LogP contribution in [0.3, 0.4) is 0 Å². The zero-order chi connectivity index (χ0) is 37.5. The highest BCUT2D eigenvalue weighted by Gasteiger charge is 2.48. The van der Waals surface area contributed by atoms with E-state index < -0.39 is 74.9 Å². The molecule has 52 heavy (non-hydrogen) atoms. The van der Waals surface area contributed by atoms with Crippen LogP contribution in [-0.2, 0) is 23.7 Å². The number of aliphatic hydroxyl groups is 5. The normalized spacial score (nSPS) is 22.6. The van der Waals surface area contributed by atoms with Crippen LogP contribution in [0.1, 0.15) is 18.1 Å². The highest BCUT2D eigenvalue weighted by molar-refractivity contribution is 6.05. The Bertz CT molecular complexity index is 1920. The molecule has 0 aliphatic carbocycles. The molecule has 4 aromatic rings. The van der Waals surface area contributed by atoms with E-state index in [2.05, 4.69) is 9.98 Å². The zero-order valence-corrected chi connectivity index (χ0v) is 27.8. The van der Waals surface area contributed by atoms with Crippen molar-refractivity contribution in [3.8, 4) is 23.0 Å². The lowest BCUT2D eigenvalue weighted by molar-refractivity contribution is -0.322. The van der Waals surface area contributed by atoms with Gasteiger partial charge in [0.25, 0.3) is 0 Å². The molecule has 1 aliphatic rings. The van der Waals surface area contributed by atoms with Gasteiger partial charge < -0.3 is 64.9 Å². The summed E-state index contributed by atoms with van der Waals surface area (Å²) in [5.41, 5.74) is 0.506. The molecule has 0 aromatic heterocycles. The third kappa shape index (κ3) is 8.58. The maximum atomic E-state index is 11.7. The van der Waals surface area contributed by atoms with Gasteiger partial charge in [-0.25, -0.2) is 0 Å². The molecule has 16 heteroatoms. The van der Waals surface area contributed by atoms with Crippen LogP contribution < -0.4 is 0 Å². The number of aliphatic hydroxyl groups excluding tert-OH is 5. The van der Waals surface area contributed by atoms with Crippen molar-refractivity contribution in [3.05, 3.63) is 71.8 Å². The molecule has 0 saturated carbocycles. The number of carbonyl (C=O) groups excluding carboxylic acids is 1. The number of hydrogen-bond acceptors (Lipinski definition) is 16. The lowest BCUT2D eigenvalue weighted by Gasteiger charge is -2.42. The van der Waals surface area contributed by atoms with Gasteiger partial charge in [-0.2, -0.15) is 0 Å². The van der Waals surface area contributed by atoms with Crippen LogP contribution in [0.4, 0.5) is 0 Å². The average molecular weight is 725 g/mol. The van der Waals surface area contributed by atoms with Crippen molar-refractivity contribution in [1.82, 2.24) is 0 Å². The molecule has 0 amide bonds. The predicted octanol–water partition coefficient (Wildman–Crippen LogP) is 0.805. The molecule has 1 aliphatic heterocycles. The molecule has 5 rings (SSSR count). The SMILES string of the molecule is CC(=O)OC1C(O)C(CO)OC(OC(CN=Cc2c(O)cc(O)c3ccccc23)C(CO)OC(O)CN=Cc2c(O)cc(O)c3ccccc23)C1O. The fourth-order valence-electron chi connectivity index (χ4n) is 5.89. The number of ether oxygens (including phenoxy) is 4. The summed E-state index contributed by atoms with van der Waals surface area (Å²) in [5.74, 6) is -1.67. The van der Waals surface area contributed by atoms with Crippen LogP contribution in [0, 0.1) is 0 Å². The van der Waals surface area contributed by atoms with Gasteiger partial charge in [0.15, 0.2) is 18.7 Å². The van der Waals surface area contributed by atoms with E-state index in [4.69, 9.17) is 18.9 Å². The van der Waals surface area contributed by atoms with Crippen molar-refractivity contribution < 1.29 is 69.7 Å². The Labute approximate surface area is 296 Å². The number of nitrogens with zero attached hydrogens (tertiary/aromatic N) is 2. The largest absolute Gasteiger partial charge is 0.507 e. The molecule has 16 nitrogen and oxygen atoms in total. The standard InChI is InChI=1S/C36H40N2O14/c1-18(41)49-35-33(47)31(17-40)52-36(34(35)48)51-29(14-37-12-23-19-6-2-4-8-21(19)25(42)10-27(23)44)30(16-39)50-32(46)15-38-13-24-20-7-3-5-9-22(20)26(43)11-28(24)45/h2-13,29-36,39-40,42-48H,14-17H2,1H3. The maximum Gasteiger partial charge on any atom is 0.303 e. The fraction of sp³-hybridized carbons (Fsp3) is 0.361. The van der Waals surface area contributed by atoms with Crippen molar-refractivity contribution in [2.75, 3.05) is 26.3 Å². The number of aliphatic imine (C=N–C) groups is 2. The second-order valence-electron chi connectivity index (χ2n) is 12.0. The molecule has 1 heterocycles. The maximum absolute atomic E-state index is 11.7. The third-order valence-electron chi connectivity index (χ3n) is 8.43. The molecule has 0 radical (unpaired) electrons. The van der Waals surface area contributed by atoms with Crippen molar-refractivity contribution >= 4 is 39.9 Å². The van der Waals surface area contributed by atoms with E-state index in [-0.39, 0.29) is 40.7 Å². The van der Waals surface area contributed by atoms with Gasteiger partial charge in [-0.15, -0.1) is 0 Å². The highest BCUT2D eigenvalue weighted by atomic mass is 16.7. The summed E-state index contributed by atoms with van der Waals surface area (Å²) in [7, 11) is 0. The first-order chi connectivity index (χ1) is 24.9. The van der Waals surface area contributed by atoms with Crippen molar-refractivity contribution in [2.24, 2.45) is 9.98 Å².